The van der Waals surface area contributed by atoms with E-state index in [1.807, 2.05) is 12.3 Å². The molecular formula is C13H22N2O2S. The molecule has 102 valence electrons. The number of carboxylic acid groups (broad SMARTS) is 1. The predicted molar refractivity (Wildman–Crippen MR) is 75.2 cm³/mol. The van der Waals surface area contributed by atoms with Gasteiger partial charge in [0, 0.05) is 18.3 Å². The first-order valence-electron chi connectivity index (χ1n) is 6.49. The van der Waals surface area contributed by atoms with Gasteiger partial charge in [0.25, 0.3) is 0 Å². The number of aliphatic carboxylic acids is 1. The predicted octanol–water partition coefficient (Wildman–Crippen LogP) is 3.53. The maximum atomic E-state index is 10.6. The number of hydrogen-bond acceptors (Lipinski definition) is 4. The van der Waals surface area contributed by atoms with Crippen LogP contribution in [-0.2, 0) is 4.79 Å². The molecule has 0 amide bonds. The van der Waals surface area contributed by atoms with Gasteiger partial charge in [0.2, 0.25) is 0 Å². The second-order valence-electron chi connectivity index (χ2n) is 4.60. The van der Waals surface area contributed by atoms with Crippen LogP contribution < -0.4 is 5.32 Å². The molecule has 0 aliphatic rings. The molecule has 4 nitrogen and oxygen atoms in total. The molecule has 0 spiro atoms. The van der Waals surface area contributed by atoms with Gasteiger partial charge in [0.15, 0.2) is 5.13 Å². The van der Waals surface area contributed by atoms with E-state index in [9.17, 15) is 4.79 Å². The van der Waals surface area contributed by atoms with Crippen LogP contribution in [0.25, 0.3) is 0 Å². The molecule has 0 aromatic carbocycles. The summed E-state index contributed by atoms with van der Waals surface area (Å²) in [7, 11) is 0. The van der Waals surface area contributed by atoms with Crippen molar-refractivity contribution in [1.82, 2.24) is 4.98 Å². The molecule has 0 saturated heterocycles. The second-order valence-corrected chi connectivity index (χ2v) is 5.45. The molecule has 0 aliphatic heterocycles. The van der Waals surface area contributed by atoms with Crippen LogP contribution in [0.2, 0.25) is 0 Å². The van der Waals surface area contributed by atoms with E-state index in [0.717, 1.165) is 43.1 Å². The van der Waals surface area contributed by atoms with Gasteiger partial charge in [0.1, 0.15) is 0 Å². The number of nitrogens with one attached hydrogen (secondary N) is 1. The lowest BCUT2D eigenvalue weighted by molar-refractivity contribution is -0.137. The lowest BCUT2D eigenvalue weighted by Crippen LogP contribution is -2.11. The Labute approximate surface area is 112 Å². The number of aromatic nitrogens is 1. The Morgan fingerprint density at radius 3 is 2.83 bits per heavy atom. The van der Waals surface area contributed by atoms with Gasteiger partial charge in [-0.3, -0.25) is 4.79 Å². The molecular weight excluding hydrogens is 248 g/mol. The number of thiazole rings is 1. The monoisotopic (exact) mass is 270 g/mol. The first-order valence-corrected chi connectivity index (χ1v) is 7.37. The third-order valence-corrected chi connectivity index (χ3v) is 3.83. The summed E-state index contributed by atoms with van der Waals surface area (Å²) >= 11 is 1.62. The van der Waals surface area contributed by atoms with Crippen LogP contribution in [0.15, 0.2) is 5.38 Å². The fourth-order valence-electron chi connectivity index (χ4n) is 1.99. The molecule has 1 rings (SSSR count). The maximum absolute atomic E-state index is 10.6. The summed E-state index contributed by atoms with van der Waals surface area (Å²) in [5.74, 6) is -0.195. The molecule has 0 bridgehead atoms. The Morgan fingerprint density at radius 2 is 2.28 bits per heavy atom. The van der Waals surface area contributed by atoms with Crippen LogP contribution in [0.3, 0.4) is 0 Å². The average Bonchev–Trinajstić information content (AvgIpc) is 2.72. The molecule has 1 aromatic heterocycles. The minimum Gasteiger partial charge on any atom is -0.481 e. The van der Waals surface area contributed by atoms with Crippen molar-refractivity contribution in [3.8, 4) is 0 Å². The van der Waals surface area contributed by atoms with Crippen LogP contribution in [-0.4, -0.2) is 22.6 Å². The second kappa shape index (κ2) is 8.08. The van der Waals surface area contributed by atoms with Crippen molar-refractivity contribution in [2.75, 3.05) is 11.9 Å². The molecule has 2 N–H and O–H groups in total. The van der Waals surface area contributed by atoms with Crippen LogP contribution in [0.5, 0.6) is 0 Å². The van der Waals surface area contributed by atoms with Crippen molar-refractivity contribution < 1.29 is 9.90 Å². The average molecular weight is 270 g/mol. The van der Waals surface area contributed by atoms with E-state index in [0.29, 0.717) is 5.92 Å². The highest BCUT2D eigenvalue weighted by Gasteiger charge is 2.10. The summed E-state index contributed by atoms with van der Waals surface area (Å²) in [5, 5.41) is 15.0. The molecule has 0 radical (unpaired) electrons. The highest BCUT2D eigenvalue weighted by Crippen LogP contribution is 2.19. The van der Waals surface area contributed by atoms with Crippen molar-refractivity contribution in [1.29, 1.82) is 0 Å². The standard InChI is InChI=1S/C13H22N2O2S/c1-3-4-11(5-6-12(16)17)7-8-14-13-15-10(2)9-18-13/h9,11H,3-8H2,1-2H3,(H,14,15)(H,16,17). The van der Waals surface area contributed by atoms with E-state index in [1.54, 1.807) is 11.3 Å². The van der Waals surface area contributed by atoms with Gasteiger partial charge in [-0.1, -0.05) is 19.8 Å². The van der Waals surface area contributed by atoms with Crippen molar-refractivity contribution in [3.05, 3.63) is 11.1 Å². The number of hydrogen-bond donors (Lipinski definition) is 2. The number of nitrogens with zero attached hydrogens (tertiary/aromatic N) is 1. The van der Waals surface area contributed by atoms with Gasteiger partial charge >= 0.3 is 5.97 Å². The van der Waals surface area contributed by atoms with E-state index in [-0.39, 0.29) is 6.42 Å². The fraction of sp³-hybridized carbons (Fsp3) is 0.692. The molecule has 1 aromatic rings. The zero-order valence-electron chi connectivity index (χ0n) is 11.1. The third kappa shape index (κ3) is 6.00. The SMILES string of the molecule is CCCC(CCNc1nc(C)cs1)CCC(=O)O. The van der Waals surface area contributed by atoms with Gasteiger partial charge in [-0.15, -0.1) is 11.3 Å². The highest BCUT2D eigenvalue weighted by atomic mass is 32.1. The lowest BCUT2D eigenvalue weighted by Gasteiger charge is -2.15. The lowest BCUT2D eigenvalue weighted by atomic mass is 9.94. The Bertz CT molecular complexity index is 366. The zero-order valence-corrected chi connectivity index (χ0v) is 11.9. The summed E-state index contributed by atoms with van der Waals surface area (Å²) in [5.41, 5.74) is 1.04. The van der Waals surface area contributed by atoms with Crippen LogP contribution >= 0.6 is 11.3 Å². The van der Waals surface area contributed by atoms with E-state index < -0.39 is 5.97 Å². The molecule has 1 atom stereocenters. The fourth-order valence-corrected chi connectivity index (χ4v) is 2.70. The maximum Gasteiger partial charge on any atom is 0.303 e. The van der Waals surface area contributed by atoms with Crippen molar-refractivity contribution in [3.63, 3.8) is 0 Å². The Morgan fingerprint density at radius 1 is 1.50 bits per heavy atom. The largest absolute Gasteiger partial charge is 0.481 e. The Balaban J connectivity index is 2.26. The topological polar surface area (TPSA) is 62.2 Å². The van der Waals surface area contributed by atoms with Crippen molar-refractivity contribution in [2.45, 2.75) is 46.0 Å². The minimum absolute atomic E-state index is 0.279. The van der Waals surface area contributed by atoms with Crippen LogP contribution in [0, 0.1) is 12.8 Å². The van der Waals surface area contributed by atoms with E-state index >= 15 is 0 Å². The normalized spacial score (nSPS) is 12.3. The van der Waals surface area contributed by atoms with Gasteiger partial charge in [-0.05, 0) is 25.7 Å². The van der Waals surface area contributed by atoms with E-state index in [2.05, 4.69) is 17.2 Å². The summed E-state index contributed by atoms with van der Waals surface area (Å²) in [6, 6.07) is 0. The molecule has 0 saturated carbocycles. The molecule has 1 heterocycles. The van der Waals surface area contributed by atoms with Gasteiger partial charge in [-0.2, -0.15) is 0 Å². The minimum atomic E-state index is -0.695. The van der Waals surface area contributed by atoms with Gasteiger partial charge in [0.05, 0.1) is 5.69 Å². The molecule has 18 heavy (non-hydrogen) atoms. The highest BCUT2D eigenvalue weighted by molar-refractivity contribution is 7.13. The number of anilines is 1. The number of carbonyl (C=O) groups is 1. The smallest absolute Gasteiger partial charge is 0.303 e. The van der Waals surface area contributed by atoms with Gasteiger partial charge < -0.3 is 10.4 Å². The molecule has 0 aliphatic carbocycles. The first kappa shape index (κ1) is 15.0. The van der Waals surface area contributed by atoms with Gasteiger partial charge in [-0.25, -0.2) is 4.98 Å². The molecule has 0 fully saturated rings. The summed E-state index contributed by atoms with van der Waals surface area (Å²) < 4.78 is 0. The number of aryl methyl sites for hydroxylation is 1. The van der Waals surface area contributed by atoms with E-state index in [1.165, 1.54) is 0 Å². The summed E-state index contributed by atoms with van der Waals surface area (Å²) in [6.45, 7) is 5.00. The Kier molecular flexibility index (Phi) is 6.72. The Hall–Kier alpha value is -1.10. The van der Waals surface area contributed by atoms with E-state index in [4.69, 9.17) is 5.11 Å². The first-order chi connectivity index (χ1) is 8.61. The molecule has 1 unspecified atom stereocenters. The number of rotatable bonds is 9. The quantitative estimate of drug-likeness (QED) is 0.720. The van der Waals surface area contributed by atoms with Crippen molar-refractivity contribution >= 4 is 22.4 Å². The van der Waals surface area contributed by atoms with Crippen molar-refractivity contribution in [2.24, 2.45) is 5.92 Å². The van der Waals surface area contributed by atoms with Crippen LogP contribution in [0.1, 0.15) is 44.7 Å². The van der Waals surface area contributed by atoms with Crippen LogP contribution in [0.4, 0.5) is 5.13 Å². The summed E-state index contributed by atoms with van der Waals surface area (Å²) in [4.78, 5) is 14.9. The number of carboxylic acids is 1. The zero-order chi connectivity index (χ0) is 13.4. The molecule has 5 heteroatoms. The third-order valence-electron chi connectivity index (χ3n) is 2.91. The summed E-state index contributed by atoms with van der Waals surface area (Å²) in [6.07, 6.45) is 4.29.